The van der Waals surface area contributed by atoms with E-state index >= 15 is 0 Å². The summed E-state index contributed by atoms with van der Waals surface area (Å²) in [5, 5.41) is 10.7. The van der Waals surface area contributed by atoms with Crippen LogP contribution in [-0.2, 0) is 14.9 Å². The molecular weight excluding hydrogens is 382 g/mol. The number of hydrogen-bond donors (Lipinski definition) is 1. The Morgan fingerprint density at radius 3 is 2.50 bits per heavy atom. The zero-order valence-electron chi connectivity index (χ0n) is 17.6. The third kappa shape index (κ3) is 3.67. The maximum atomic E-state index is 13.1. The molecule has 0 saturated carbocycles. The van der Waals surface area contributed by atoms with Crippen molar-refractivity contribution in [3.63, 3.8) is 0 Å². The Hall–Kier alpha value is -2.86. The quantitative estimate of drug-likeness (QED) is 0.744. The van der Waals surface area contributed by atoms with Crippen LogP contribution in [0.1, 0.15) is 61.3 Å². The first kappa shape index (κ1) is 20.4. The van der Waals surface area contributed by atoms with Gasteiger partial charge in [-0.25, -0.2) is 0 Å². The molecule has 1 amide bonds. The molecule has 1 saturated heterocycles. The van der Waals surface area contributed by atoms with Crippen LogP contribution in [0.5, 0.6) is 0 Å². The summed E-state index contributed by atoms with van der Waals surface area (Å²) in [5.74, 6) is -1.45. The van der Waals surface area contributed by atoms with E-state index in [0.717, 1.165) is 24.0 Å². The first-order valence-corrected chi connectivity index (χ1v) is 10.3. The van der Waals surface area contributed by atoms with E-state index in [1.54, 1.807) is 11.0 Å². The molecule has 2 aliphatic rings. The number of hydrogen-bond acceptors (Lipinski definition) is 5. The standard InChI is InChI=1S/C24H27NO5/c1-24(2,3)16-10-8-15(9-11-16)20-19(21(26)18-7-5-13-30-18)22(27)23(28)25(20)14-17-6-4-12-29-17/h5,7-11,13,17,20,27H,4,6,12,14H2,1-3H3/t17-,20-/m1/s1. The number of aliphatic hydroxyl groups is 1. The Labute approximate surface area is 176 Å². The normalized spacial score (nSPS) is 22.2. The first-order valence-electron chi connectivity index (χ1n) is 10.3. The minimum Gasteiger partial charge on any atom is -0.503 e. The second-order valence-electron chi connectivity index (χ2n) is 8.94. The van der Waals surface area contributed by atoms with Crippen molar-refractivity contribution in [1.29, 1.82) is 0 Å². The van der Waals surface area contributed by atoms with Crippen molar-refractivity contribution in [1.82, 2.24) is 4.90 Å². The smallest absolute Gasteiger partial charge is 0.290 e. The zero-order chi connectivity index (χ0) is 21.5. The van der Waals surface area contributed by atoms with Crippen LogP contribution in [-0.4, -0.2) is 41.0 Å². The maximum Gasteiger partial charge on any atom is 0.290 e. The van der Waals surface area contributed by atoms with Gasteiger partial charge in [0, 0.05) is 13.2 Å². The molecule has 0 spiro atoms. The maximum absolute atomic E-state index is 13.1. The van der Waals surface area contributed by atoms with Gasteiger partial charge < -0.3 is 19.2 Å². The number of Topliss-reactive ketones (excluding diaryl/α,β-unsaturated/α-hetero) is 1. The average Bonchev–Trinajstić information content (AvgIpc) is 3.46. The molecule has 30 heavy (non-hydrogen) atoms. The molecule has 2 atom stereocenters. The van der Waals surface area contributed by atoms with Gasteiger partial charge in [-0.3, -0.25) is 9.59 Å². The number of benzene rings is 1. The summed E-state index contributed by atoms with van der Waals surface area (Å²) in [6.07, 6.45) is 3.09. The second kappa shape index (κ2) is 7.76. The molecule has 2 aromatic rings. The van der Waals surface area contributed by atoms with Crippen LogP contribution >= 0.6 is 0 Å². The van der Waals surface area contributed by atoms with Gasteiger partial charge in [-0.05, 0) is 41.5 Å². The minimum atomic E-state index is -0.687. The van der Waals surface area contributed by atoms with Crippen LogP contribution in [0.25, 0.3) is 0 Å². The highest BCUT2D eigenvalue weighted by Crippen LogP contribution is 2.40. The molecule has 0 unspecified atom stereocenters. The molecule has 4 rings (SSSR count). The van der Waals surface area contributed by atoms with E-state index < -0.39 is 23.5 Å². The number of amides is 1. The Kier molecular flexibility index (Phi) is 5.28. The number of furan rings is 1. The molecule has 3 heterocycles. The zero-order valence-corrected chi connectivity index (χ0v) is 17.6. The van der Waals surface area contributed by atoms with Crippen molar-refractivity contribution in [2.75, 3.05) is 13.2 Å². The average molecular weight is 409 g/mol. The summed E-state index contributed by atoms with van der Waals surface area (Å²) < 4.78 is 11.0. The number of carbonyl (C=O) groups excluding carboxylic acids is 2. The van der Waals surface area contributed by atoms with Crippen LogP contribution < -0.4 is 0 Å². The topological polar surface area (TPSA) is 80.0 Å². The molecule has 1 N–H and O–H groups in total. The van der Waals surface area contributed by atoms with E-state index in [-0.39, 0.29) is 22.9 Å². The van der Waals surface area contributed by atoms with Crippen molar-refractivity contribution in [3.8, 4) is 0 Å². The van der Waals surface area contributed by atoms with Crippen molar-refractivity contribution >= 4 is 11.7 Å². The van der Waals surface area contributed by atoms with Gasteiger partial charge in [0.25, 0.3) is 5.91 Å². The molecule has 1 aromatic heterocycles. The Morgan fingerprint density at radius 1 is 1.20 bits per heavy atom. The van der Waals surface area contributed by atoms with Gasteiger partial charge in [0.2, 0.25) is 5.78 Å². The summed E-state index contributed by atoms with van der Waals surface area (Å²) in [4.78, 5) is 27.7. The van der Waals surface area contributed by atoms with Gasteiger partial charge >= 0.3 is 0 Å². The van der Waals surface area contributed by atoms with Gasteiger partial charge in [0.1, 0.15) is 0 Å². The highest BCUT2D eigenvalue weighted by Gasteiger charge is 2.45. The molecule has 6 heteroatoms. The largest absolute Gasteiger partial charge is 0.503 e. The Balaban J connectivity index is 1.75. The van der Waals surface area contributed by atoms with Crippen molar-refractivity contribution in [2.24, 2.45) is 0 Å². The fourth-order valence-corrected chi connectivity index (χ4v) is 4.13. The molecule has 0 aliphatic carbocycles. The third-order valence-corrected chi connectivity index (χ3v) is 5.81. The van der Waals surface area contributed by atoms with Gasteiger partial charge in [-0.1, -0.05) is 45.0 Å². The second-order valence-corrected chi connectivity index (χ2v) is 8.94. The van der Waals surface area contributed by atoms with Crippen LogP contribution in [0.2, 0.25) is 0 Å². The molecule has 0 radical (unpaired) electrons. The van der Waals surface area contributed by atoms with Gasteiger partial charge in [0.15, 0.2) is 11.5 Å². The lowest BCUT2D eigenvalue weighted by molar-refractivity contribution is -0.131. The summed E-state index contributed by atoms with van der Waals surface area (Å²) in [5.41, 5.74) is 1.95. The number of aliphatic hydroxyl groups excluding tert-OH is 1. The number of carbonyl (C=O) groups is 2. The summed E-state index contributed by atoms with van der Waals surface area (Å²) in [7, 11) is 0. The van der Waals surface area contributed by atoms with Gasteiger partial charge in [-0.2, -0.15) is 0 Å². The SMILES string of the molecule is CC(C)(C)c1ccc([C@@H]2C(C(=O)c3ccco3)=C(O)C(=O)N2C[C@H]2CCCO2)cc1. The van der Waals surface area contributed by atoms with E-state index in [0.29, 0.717) is 13.2 Å². The fraction of sp³-hybridized carbons (Fsp3) is 0.417. The highest BCUT2D eigenvalue weighted by atomic mass is 16.5. The highest BCUT2D eigenvalue weighted by molar-refractivity contribution is 6.15. The van der Waals surface area contributed by atoms with Gasteiger partial charge in [-0.15, -0.1) is 0 Å². The van der Waals surface area contributed by atoms with Crippen molar-refractivity contribution in [2.45, 2.75) is 51.2 Å². The first-order chi connectivity index (χ1) is 14.3. The van der Waals surface area contributed by atoms with E-state index in [2.05, 4.69) is 20.8 Å². The van der Waals surface area contributed by atoms with E-state index in [1.165, 1.54) is 12.3 Å². The number of nitrogens with zero attached hydrogens (tertiary/aromatic N) is 1. The monoisotopic (exact) mass is 409 g/mol. The lowest BCUT2D eigenvalue weighted by Gasteiger charge is -2.29. The van der Waals surface area contributed by atoms with E-state index in [4.69, 9.17) is 9.15 Å². The lowest BCUT2D eigenvalue weighted by atomic mass is 9.85. The third-order valence-electron chi connectivity index (χ3n) is 5.81. The minimum absolute atomic E-state index is 0.0216. The summed E-state index contributed by atoms with van der Waals surface area (Å²) >= 11 is 0. The van der Waals surface area contributed by atoms with Crippen molar-refractivity contribution < 1.29 is 23.8 Å². The van der Waals surface area contributed by atoms with Crippen molar-refractivity contribution in [3.05, 3.63) is 70.9 Å². The number of ketones is 1. The van der Waals surface area contributed by atoms with E-state index in [9.17, 15) is 14.7 Å². The van der Waals surface area contributed by atoms with Crippen LogP contribution in [0.3, 0.4) is 0 Å². The molecule has 6 nitrogen and oxygen atoms in total. The predicted molar refractivity (Wildman–Crippen MR) is 111 cm³/mol. The van der Waals surface area contributed by atoms with Crippen LogP contribution in [0.4, 0.5) is 0 Å². The predicted octanol–water partition coefficient (Wildman–Crippen LogP) is 4.33. The molecular formula is C24H27NO5. The lowest BCUT2D eigenvalue weighted by Crippen LogP contribution is -2.37. The number of ether oxygens (including phenoxy) is 1. The molecule has 0 bridgehead atoms. The van der Waals surface area contributed by atoms with E-state index in [1.807, 2.05) is 24.3 Å². The Bertz CT molecular complexity index is 960. The number of rotatable bonds is 5. The molecule has 1 fully saturated rings. The molecule has 1 aromatic carbocycles. The van der Waals surface area contributed by atoms with Crippen LogP contribution in [0, 0.1) is 0 Å². The Morgan fingerprint density at radius 2 is 1.93 bits per heavy atom. The van der Waals surface area contributed by atoms with Gasteiger partial charge in [0.05, 0.1) is 24.0 Å². The van der Waals surface area contributed by atoms with Crippen LogP contribution in [0.15, 0.2) is 58.4 Å². The molecule has 2 aliphatic heterocycles. The summed E-state index contributed by atoms with van der Waals surface area (Å²) in [6, 6.07) is 10.3. The summed E-state index contributed by atoms with van der Waals surface area (Å²) in [6.45, 7) is 7.37. The molecule has 158 valence electrons. The fourth-order valence-electron chi connectivity index (χ4n) is 4.13.